The van der Waals surface area contributed by atoms with Crippen molar-refractivity contribution < 1.29 is 57.2 Å². The third kappa shape index (κ3) is 32.0. The Morgan fingerprint density at radius 1 is 0.352 bits per heavy atom. The number of carbonyl (C=O) groups excluding carboxylic acids is 6. The van der Waals surface area contributed by atoms with Crippen LogP contribution in [-0.4, -0.2) is 69.4 Å². The van der Waals surface area contributed by atoms with Gasteiger partial charge in [0.25, 0.3) is 0 Å². The summed E-state index contributed by atoms with van der Waals surface area (Å²) in [7, 11) is 0. The van der Waals surface area contributed by atoms with E-state index in [2.05, 4.69) is 41.5 Å². The summed E-state index contributed by atoms with van der Waals surface area (Å²) >= 11 is 0. The second-order valence-corrected chi connectivity index (χ2v) is 31.8. The average molecular weight is 1290 g/mol. The van der Waals surface area contributed by atoms with E-state index in [0.717, 1.165) is 55.8 Å². The van der Waals surface area contributed by atoms with Crippen molar-refractivity contribution in [2.45, 2.75) is 395 Å². The summed E-state index contributed by atoms with van der Waals surface area (Å²) in [5, 5.41) is 0. The Bertz CT molecular complexity index is 2000. The van der Waals surface area contributed by atoms with E-state index in [1.807, 2.05) is 166 Å². The molecule has 9 fully saturated rings. The molecule has 9 saturated carbocycles. The number of fused-ring (bicyclic) bond motifs is 2. The van der Waals surface area contributed by atoms with Gasteiger partial charge in [0.1, 0.15) is 33.6 Å². The highest BCUT2D eigenvalue weighted by Gasteiger charge is 2.59. The van der Waals surface area contributed by atoms with E-state index >= 15 is 0 Å². The summed E-state index contributed by atoms with van der Waals surface area (Å²) in [6, 6.07) is 0. The Morgan fingerprint density at radius 3 is 0.978 bits per heavy atom. The molecule has 538 valence electrons. The maximum Gasteiger partial charge on any atom is 0.308 e. The van der Waals surface area contributed by atoms with E-state index in [1.165, 1.54) is 122 Å². The Balaban J connectivity index is 0. The smallest absolute Gasteiger partial charge is 0.308 e. The predicted molar refractivity (Wildman–Crippen MR) is 378 cm³/mol. The van der Waals surface area contributed by atoms with Gasteiger partial charge in [0, 0.05) is 5.41 Å². The average Bonchev–Trinajstić information content (AvgIpc) is 1.43. The van der Waals surface area contributed by atoms with Crippen molar-refractivity contribution >= 4 is 35.8 Å². The third-order valence-electron chi connectivity index (χ3n) is 19.6. The first-order chi connectivity index (χ1) is 42.2. The minimum Gasteiger partial charge on any atom is -0.460 e. The van der Waals surface area contributed by atoms with Crippen molar-refractivity contribution in [1.29, 1.82) is 0 Å². The fourth-order valence-electron chi connectivity index (χ4n) is 14.4. The summed E-state index contributed by atoms with van der Waals surface area (Å²) in [6.07, 6.45) is 29.7. The first-order valence-electron chi connectivity index (χ1n) is 37.5. The van der Waals surface area contributed by atoms with Gasteiger partial charge in [0.15, 0.2) is 0 Å². The summed E-state index contributed by atoms with van der Waals surface area (Å²) in [4.78, 5) is 68.8. The van der Waals surface area contributed by atoms with Gasteiger partial charge in [-0.1, -0.05) is 164 Å². The van der Waals surface area contributed by atoms with E-state index in [1.54, 1.807) is 0 Å². The van der Waals surface area contributed by atoms with Crippen LogP contribution in [0, 0.1) is 76.4 Å². The third-order valence-corrected chi connectivity index (χ3v) is 19.6. The Kier molecular flexibility index (Phi) is 41.9. The van der Waals surface area contributed by atoms with Crippen molar-refractivity contribution in [1.82, 2.24) is 0 Å². The molecule has 3 unspecified atom stereocenters. The lowest BCUT2D eigenvalue weighted by molar-refractivity contribution is -0.201. The molecule has 9 aliphatic rings. The highest BCUT2D eigenvalue weighted by molar-refractivity contribution is 5.74. The van der Waals surface area contributed by atoms with Crippen LogP contribution in [0.1, 0.15) is 362 Å². The minimum absolute atomic E-state index is 0.00116. The van der Waals surface area contributed by atoms with Gasteiger partial charge in [0.05, 0.1) is 35.5 Å². The molecule has 0 aromatic rings. The fraction of sp³-hybridized carbons (Fsp3) is 0.924. The van der Waals surface area contributed by atoms with Gasteiger partial charge >= 0.3 is 35.8 Å². The Labute approximate surface area is 562 Å². The van der Waals surface area contributed by atoms with Crippen molar-refractivity contribution in [2.75, 3.05) is 0 Å². The van der Waals surface area contributed by atoms with Gasteiger partial charge in [-0.15, -0.1) is 0 Å². The molecule has 0 heterocycles. The van der Waals surface area contributed by atoms with Crippen LogP contribution in [0.5, 0.6) is 0 Å². The van der Waals surface area contributed by atoms with Crippen LogP contribution in [-0.2, 0) is 57.2 Å². The van der Waals surface area contributed by atoms with E-state index < -0.39 is 0 Å². The minimum atomic E-state index is -0.346. The topological polar surface area (TPSA) is 158 Å². The predicted octanol–water partition coefficient (Wildman–Crippen LogP) is 22.0. The molecule has 12 nitrogen and oxygen atoms in total. The Hall–Kier alpha value is -3.18. The van der Waals surface area contributed by atoms with Crippen LogP contribution in [0.3, 0.4) is 0 Å². The lowest BCUT2D eigenvalue weighted by atomic mass is 9.46. The second-order valence-electron chi connectivity index (χ2n) is 31.8. The molecule has 9 rings (SSSR count). The molecule has 12 heteroatoms. The summed E-state index contributed by atoms with van der Waals surface area (Å²) in [5.41, 5.74) is -1.09. The quantitative estimate of drug-likeness (QED) is 0.127. The number of hydrogen-bond donors (Lipinski definition) is 0. The second kappa shape index (κ2) is 42.4. The number of ether oxygens (including phenoxy) is 6. The molecule has 3 atom stereocenters. The van der Waals surface area contributed by atoms with Gasteiger partial charge in [-0.05, 0) is 233 Å². The zero-order chi connectivity index (χ0) is 71.1. The maximum absolute atomic E-state index is 12.0. The summed E-state index contributed by atoms with van der Waals surface area (Å²) in [6.45, 7) is 58.9. The molecular weight excluding hydrogens is 1140 g/mol. The van der Waals surface area contributed by atoms with Crippen molar-refractivity contribution in [3.8, 4) is 0 Å². The molecule has 6 bridgehead atoms. The van der Waals surface area contributed by atoms with E-state index in [4.69, 9.17) is 28.4 Å². The van der Waals surface area contributed by atoms with Crippen LogP contribution in [0.2, 0.25) is 0 Å². The first-order valence-corrected chi connectivity index (χ1v) is 37.5. The van der Waals surface area contributed by atoms with Gasteiger partial charge in [-0.2, -0.15) is 0 Å². The molecule has 0 aromatic carbocycles. The first kappa shape index (κ1) is 89.9. The van der Waals surface area contributed by atoms with Crippen LogP contribution in [0.15, 0.2) is 0 Å². The largest absolute Gasteiger partial charge is 0.460 e. The molecule has 0 N–H and O–H groups in total. The van der Waals surface area contributed by atoms with E-state index in [9.17, 15) is 28.8 Å². The van der Waals surface area contributed by atoms with Crippen LogP contribution in [0.4, 0.5) is 0 Å². The summed E-state index contributed by atoms with van der Waals surface area (Å²) < 4.78 is 33.2. The van der Waals surface area contributed by atoms with Gasteiger partial charge in [0.2, 0.25) is 0 Å². The zero-order valence-corrected chi connectivity index (χ0v) is 65.3. The summed E-state index contributed by atoms with van der Waals surface area (Å²) in [5.74, 6) is 4.30. The molecule has 9 aliphatic carbocycles. The highest BCUT2D eigenvalue weighted by atomic mass is 16.6. The van der Waals surface area contributed by atoms with Gasteiger partial charge < -0.3 is 28.4 Å². The number of hydrogen-bond acceptors (Lipinski definition) is 12. The lowest BCUT2D eigenvalue weighted by Gasteiger charge is -2.61. The monoisotopic (exact) mass is 1290 g/mol. The van der Waals surface area contributed by atoms with Crippen molar-refractivity contribution in [3.63, 3.8) is 0 Å². The fourth-order valence-corrected chi connectivity index (χ4v) is 14.4. The molecule has 0 aliphatic heterocycles. The molecule has 0 spiro atoms. The molecule has 0 amide bonds. The van der Waals surface area contributed by atoms with Crippen LogP contribution in [0.25, 0.3) is 0 Å². The zero-order valence-electron chi connectivity index (χ0n) is 65.3. The van der Waals surface area contributed by atoms with E-state index in [0.29, 0.717) is 11.8 Å². The number of rotatable bonds is 13. The van der Waals surface area contributed by atoms with Crippen molar-refractivity contribution in [2.24, 2.45) is 76.4 Å². The molecule has 0 aromatic heterocycles. The number of esters is 6. The number of carbonyl (C=O) groups is 6. The SMILES string of the molecule is CC.CC.CC.CC.CC(C)C(=O)OC(C)(C)C.CC(C)C(=O)OC(C)(C)C12CC3CC(CC(C3)C1)C2.CC(C)C(=O)OC(C)(C)C1CCCCC1.CC(C)C(=O)OC1(C)CC2CCC1C2.CC(C)C(=O)OC1(C)CCCC1.CC(C)C(=O)OC1(C)CCCCC1. The van der Waals surface area contributed by atoms with Crippen LogP contribution < -0.4 is 0 Å². The van der Waals surface area contributed by atoms with Crippen LogP contribution >= 0.6 is 0 Å². The molecule has 91 heavy (non-hydrogen) atoms. The molecule has 0 saturated heterocycles. The van der Waals surface area contributed by atoms with Crippen molar-refractivity contribution in [3.05, 3.63) is 0 Å². The Morgan fingerprint density at radius 2 is 0.670 bits per heavy atom. The van der Waals surface area contributed by atoms with Gasteiger partial charge in [-0.3, -0.25) is 28.8 Å². The maximum atomic E-state index is 12.0. The normalized spacial score (nSPS) is 25.4. The lowest BCUT2D eigenvalue weighted by Crippen LogP contribution is -2.57. The standard InChI is InChI=1S/C17H28O2.C13H24O2.C12H20O2.C11H20O2.C10H18O2.C8H16O2.4C2H6/c1-11(2)15(18)19-16(3,4)17-8-12-5-13(9-17)7-14(6-12)10-17;1-10(2)12(14)15-13(3,4)11-8-6-5-7-9-11;1-8(2)11(13)14-12(3)7-9-4-5-10(12)6-9;1-9(2)10(12)13-11(3)7-5-4-6-8-11;1-8(2)9(11)12-10(3)6-4-5-7-10;1-6(2)7(9)10-8(3,4)5;4*1-2/h11-14H,5-10H2,1-4H3;10-11H,5-9H2,1-4H3;8-10H,4-7H2,1-3H3;9H,4-8H2,1-3H3;8H,4-7H2,1-3H3;6H,1-5H3;4*1-2H3. The molecule has 0 radical (unpaired) electrons. The van der Waals surface area contributed by atoms with Gasteiger partial charge in [-0.25, -0.2) is 0 Å². The molecular formula is C79H150O12. The highest BCUT2D eigenvalue weighted by Crippen LogP contribution is 2.64. The van der Waals surface area contributed by atoms with E-state index in [-0.39, 0.29) is 110 Å².